The molecule has 0 unspecified atom stereocenters. The third-order valence-electron chi connectivity index (χ3n) is 2.13. The van der Waals surface area contributed by atoms with Gasteiger partial charge in [0.1, 0.15) is 0 Å². The standard InChI is InChI=1S/C11H16N2S/c1-2-6-13(8-5-12)7-3-11-4-9-14-10-11/h4,9-10H,2-3,6-8H2,1H3. The zero-order valence-corrected chi connectivity index (χ0v) is 9.39. The Morgan fingerprint density at radius 1 is 1.50 bits per heavy atom. The Morgan fingerprint density at radius 3 is 2.93 bits per heavy atom. The van der Waals surface area contributed by atoms with Crippen LogP contribution in [0.4, 0.5) is 0 Å². The van der Waals surface area contributed by atoms with Crippen molar-refractivity contribution in [3.8, 4) is 6.07 Å². The molecule has 0 aromatic carbocycles. The van der Waals surface area contributed by atoms with Crippen LogP contribution in [0.2, 0.25) is 0 Å². The summed E-state index contributed by atoms with van der Waals surface area (Å²) in [6.45, 7) is 4.72. The molecule has 0 spiro atoms. The lowest BCUT2D eigenvalue weighted by Crippen LogP contribution is -2.27. The molecule has 0 fully saturated rings. The van der Waals surface area contributed by atoms with Gasteiger partial charge in [0, 0.05) is 6.54 Å². The monoisotopic (exact) mass is 208 g/mol. The molecule has 0 bridgehead atoms. The van der Waals surface area contributed by atoms with Crippen molar-refractivity contribution in [2.45, 2.75) is 19.8 Å². The Balaban J connectivity index is 2.30. The topological polar surface area (TPSA) is 27.0 Å². The zero-order valence-electron chi connectivity index (χ0n) is 8.57. The summed E-state index contributed by atoms with van der Waals surface area (Å²) >= 11 is 1.73. The van der Waals surface area contributed by atoms with Crippen LogP contribution in [0.3, 0.4) is 0 Å². The van der Waals surface area contributed by atoms with Gasteiger partial charge in [-0.2, -0.15) is 16.6 Å². The molecule has 1 aromatic rings. The van der Waals surface area contributed by atoms with Crippen LogP contribution in [-0.4, -0.2) is 24.5 Å². The molecule has 0 saturated heterocycles. The Labute approximate surface area is 89.8 Å². The smallest absolute Gasteiger partial charge is 0.0866 e. The molecular formula is C11H16N2S. The first-order chi connectivity index (χ1) is 6.86. The highest BCUT2D eigenvalue weighted by Crippen LogP contribution is 2.07. The second kappa shape index (κ2) is 6.58. The van der Waals surface area contributed by atoms with Gasteiger partial charge < -0.3 is 0 Å². The van der Waals surface area contributed by atoms with Crippen molar-refractivity contribution in [1.29, 1.82) is 5.26 Å². The number of nitriles is 1. The van der Waals surface area contributed by atoms with E-state index < -0.39 is 0 Å². The summed E-state index contributed by atoms with van der Waals surface area (Å²) in [5.41, 5.74) is 1.38. The first kappa shape index (κ1) is 11.2. The fraction of sp³-hybridized carbons (Fsp3) is 0.545. The molecule has 0 amide bonds. The van der Waals surface area contributed by atoms with E-state index in [1.165, 1.54) is 5.56 Å². The second-order valence-electron chi connectivity index (χ2n) is 3.32. The van der Waals surface area contributed by atoms with E-state index in [0.717, 1.165) is 25.9 Å². The van der Waals surface area contributed by atoms with E-state index in [1.807, 2.05) is 0 Å². The van der Waals surface area contributed by atoms with Crippen LogP contribution in [0.1, 0.15) is 18.9 Å². The zero-order chi connectivity index (χ0) is 10.2. The first-order valence-corrected chi connectivity index (χ1v) is 5.91. The second-order valence-corrected chi connectivity index (χ2v) is 4.10. The molecule has 1 rings (SSSR count). The number of rotatable bonds is 6. The van der Waals surface area contributed by atoms with Gasteiger partial charge in [0.05, 0.1) is 12.6 Å². The molecule has 1 aromatic heterocycles. The van der Waals surface area contributed by atoms with Gasteiger partial charge in [-0.05, 0) is 41.8 Å². The Kier molecular flexibility index (Phi) is 5.28. The Morgan fingerprint density at radius 2 is 2.36 bits per heavy atom. The molecular weight excluding hydrogens is 192 g/mol. The maximum Gasteiger partial charge on any atom is 0.0866 e. The highest BCUT2D eigenvalue weighted by molar-refractivity contribution is 7.07. The largest absolute Gasteiger partial charge is 0.290 e. The average molecular weight is 208 g/mol. The minimum absolute atomic E-state index is 0.554. The van der Waals surface area contributed by atoms with Crippen LogP contribution < -0.4 is 0 Å². The van der Waals surface area contributed by atoms with Crippen molar-refractivity contribution in [1.82, 2.24) is 4.90 Å². The third kappa shape index (κ3) is 3.91. The lowest BCUT2D eigenvalue weighted by molar-refractivity contribution is 0.310. The van der Waals surface area contributed by atoms with Gasteiger partial charge in [0.15, 0.2) is 0 Å². The summed E-state index contributed by atoms with van der Waals surface area (Å²) in [5, 5.41) is 12.9. The molecule has 0 aliphatic heterocycles. The predicted octanol–water partition coefficient (Wildman–Crippen LogP) is 2.53. The van der Waals surface area contributed by atoms with Gasteiger partial charge >= 0.3 is 0 Å². The number of hydrogen-bond acceptors (Lipinski definition) is 3. The lowest BCUT2D eigenvalue weighted by atomic mass is 10.2. The molecule has 0 saturated carbocycles. The fourth-order valence-corrected chi connectivity index (χ4v) is 2.11. The summed E-state index contributed by atoms with van der Waals surface area (Å²) in [6.07, 6.45) is 2.18. The fourth-order valence-electron chi connectivity index (χ4n) is 1.41. The van der Waals surface area contributed by atoms with Gasteiger partial charge in [-0.3, -0.25) is 4.90 Å². The van der Waals surface area contributed by atoms with E-state index in [1.54, 1.807) is 11.3 Å². The van der Waals surface area contributed by atoms with E-state index in [-0.39, 0.29) is 0 Å². The van der Waals surface area contributed by atoms with Crippen molar-refractivity contribution >= 4 is 11.3 Å². The Hall–Kier alpha value is -0.850. The van der Waals surface area contributed by atoms with E-state index in [0.29, 0.717) is 6.54 Å². The Bertz CT molecular complexity index is 274. The minimum atomic E-state index is 0.554. The maximum atomic E-state index is 8.63. The van der Waals surface area contributed by atoms with Gasteiger partial charge in [-0.25, -0.2) is 0 Å². The van der Waals surface area contributed by atoms with Gasteiger partial charge in [0.25, 0.3) is 0 Å². The van der Waals surface area contributed by atoms with E-state index in [9.17, 15) is 0 Å². The number of thiophene rings is 1. The molecule has 76 valence electrons. The summed E-state index contributed by atoms with van der Waals surface area (Å²) in [6, 6.07) is 4.37. The van der Waals surface area contributed by atoms with E-state index >= 15 is 0 Å². The van der Waals surface area contributed by atoms with Crippen molar-refractivity contribution < 1.29 is 0 Å². The van der Waals surface area contributed by atoms with Crippen LogP contribution >= 0.6 is 11.3 Å². The number of hydrogen-bond donors (Lipinski definition) is 0. The van der Waals surface area contributed by atoms with E-state index in [2.05, 4.69) is 34.7 Å². The molecule has 0 radical (unpaired) electrons. The highest BCUT2D eigenvalue weighted by Gasteiger charge is 2.02. The summed E-state index contributed by atoms with van der Waals surface area (Å²) in [7, 11) is 0. The molecule has 1 heterocycles. The molecule has 2 nitrogen and oxygen atoms in total. The van der Waals surface area contributed by atoms with Crippen LogP contribution in [0, 0.1) is 11.3 Å². The average Bonchev–Trinajstić information content (AvgIpc) is 2.67. The van der Waals surface area contributed by atoms with Crippen LogP contribution in [0.25, 0.3) is 0 Å². The van der Waals surface area contributed by atoms with Crippen molar-refractivity contribution in [2.75, 3.05) is 19.6 Å². The molecule has 0 aliphatic carbocycles. The number of nitrogens with zero attached hydrogens (tertiary/aromatic N) is 2. The lowest BCUT2D eigenvalue weighted by Gasteiger charge is -2.17. The molecule has 0 atom stereocenters. The highest BCUT2D eigenvalue weighted by atomic mass is 32.1. The molecule has 0 N–H and O–H groups in total. The van der Waals surface area contributed by atoms with Gasteiger partial charge in [0.2, 0.25) is 0 Å². The minimum Gasteiger partial charge on any atom is -0.290 e. The normalized spacial score (nSPS) is 10.4. The maximum absolute atomic E-state index is 8.63. The van der Waals surface area contributed by atoms with Crippen LogP contribution in [0.15, 0.2) is 16.8 Å². The SMILES string of the molecule is CCCN(CC#N)CCc1ccsc1. The summed E-state index contributed by atoms with van der Waals surface area (Å²) < 4.78 is 0. The van der Waals surface area contributed by atoms with Gasteiger partial charge in [-0.15, -0.1) is 0 Å². The van der Waals surface area contributed by atoms with Gasteiger partial charge in [-0.1, -0.05) is 6.92 Å². The first-order valence-electron chi connectivity index (χ1n) is 4.97. The quantitative estimate of drug-likeness (QED) is 0.672. The van der Waals surface area contributed by atoms with Crippen LogP contribution in [0.5, 0.6) is 0 Å². The van der Waals surface area contributed by atoms with E-state index in [4.69, 9.17) is 5.26 Å². The molecule has 14 heavy (non-hydrogen) atoms. The molecule has 0 aliphatic rings. The van der Waals surface area contributed by atoms with Crippen molar-refractivity contribution in [2.24, 2.45) is 0 Å². The van der Waals surface area contributed by atoms with Crippen LogP contribution in [-0.2, 0) is 6.42 Å². The summed E-state index contributed by atoms with van der Waals surface area (Å²) in [4.78, 5) is 2.21. The van der Waals surface area contributed by atoms with Crippen molar-refractivity contribution in [3.05, 3.63) is 22.4 Å². The summed E-state index contributed by atoms with van der Waals surface area (Å²) in [5.74, 6) is 0. The van der Waals surface area contributed by atoms with Crippen molar-refractivity contribution in [3.63, 3.8) is 0 Å². The molecule has 3 heteroatoms. The predicted molar refractivity (Wildman–Crippen MR) is 60.4 cm³/mol. The third-order valence-corrected chi connectivity index (χ3v) is 2.86.